The van der Waals surface area contributed by atoms with E-state index in [0.29, 0.717) is 28.5 Å². The molecule has 0 saturated heterocycles. The second kappa shape index (κ2) is 7.69. The van der Waals surface area contributed by atoms with Gasteiger partial charge in [-0.1, -0.05) is 42.5 Å². The molecule has 8 heteroatoms. The topological polar surface area (TPSA) is 124 Å². The Morgan fingerprint density at radius 3 is 2.13 bits per heavy atom. The summed E-state index contributed by atoms with van der Waals surface area (Å²) < 4.78 is 5.63. The second-order valence-corrected chi connectivity index (χ2v) is 9.50. The number of rotatable bonds is 3. The maximum Gasteiger partial charge on any atom is 0.375 e. The lowest BCUT2D eigenvalue weighted by atomic mass is 9.82. The second-order valence-electron chi connectivity index (χ2n) is 9.50. The Kier molecular flexibility index (Phi) is 4.48. The van der Waals surface area contributed by atoms with Crippen molar-refractivity contribution in [3.05, 3.63) is 107 Å². The van der Waals surface area contributed by atoms with Crippen LogP contribution in [-0.4, -0.2) is 38.2 Å². The molecule has 2 aliphatic heterocycles. The highest BCUT2D eigenvalue weighted by Gasteiger charge is 2.66. The van der Waals surface area contributed by atoms with Crippen LogP contribution in [0.4, 0.5) is 0 Å². The number of esters is 1. The number of fused-ring (bicyclic) bond motifs is 2. The summed E-state index contributed by atoms with van der Waals surface area (Å²) in [5.41, 5.74) is 1.73. The van der Waals surface area contributed by atoms with Gasteiger partial charge in [-0.2, -0.15) is 0 Å². The number of carbonyl (C=O) groups is 3. The number of para-hydroxylation sites is 2. The van der Waals surface area contributed by atoms with Crippen LogP contribution in [0.25, 0.3) is 33.0 Å². The zero-order valence-electron chi connectivity index (χ0n) is 20.2. The van der Waals surface area contributed by atoms with Gasteiger partial charge in [-0.3, -0.25) is 9.59 Å². The molecule has 7 rings (SSSR count). The van der Waals surface area contributed by atoms with Crippen LogP contribution in [0.1, 0.15) is 24.5 Å². The first kappa shape index (κ1) is 22.1. The number of aromatic amines is 2. The molecule has 4 N–H and O–H groups in total. The molecular formula is C30H21N3O5. The number of carbonyl (C=O) groups excluding carboxylic acids is 3. The first-order valence-corrected chi connectivity index (χ1v) is 12.2. The normalized spacial score (nSPS) is 22.5. The van der Waals surface area contributed by atoms with Crippen LogP contribution in [0.5, 0.6) is 0 Å². The molecule has 38 heavy (non-hydrogen) atoms. The Labute approximate surface area is 216 Å². The Hall–Kier alpha value is -5.11. The van der Waals surface area contributed by atoms with Gasteiger partial charge >= 0.3 is 5.97 Å². The number of nitrogens with one attached hydrogen (secondary N) is 3. The first-order valence-electron chi connectivity index (χ1n) is 12.2. The number of Topliss-reactive ketones (excluding diaryl/α,β-unsaturated/α-hetero) is 2. The Bertz CT molecular complexity index is 1880. The van der Waals surface area contributed by atoms with Crippen molar-refractivity contribution < 1.29 is 24.2 Å². The maximum absolute atomic E-state index is 14.5. The molecule has 0 unspecified atom stereocenters. The third kappa shape index (κ3) is 2.71. The molecule has 0 bridgehead atoms. The minimum absolute atomic E-state index is 0.139. The largest absolute Gasteiger partial charge is 0.501 e. The number of hydrogen-bond donors (Lipinski definition) is 4. The molecule has 2 aromatic carbocycles. The fourth-order valence-electron chi connectivity index (χ4n) is 5.78. The van der Waals surface area contributed by atoms with Gasteiger partial charge in [-0.05, 0) is 24.6 Å². The highest BCUT2D eigenvalue weighted by atomic mass is 16.6. The molecule has 0 radical (unpaired) electrons. The molecule has 1 atom stereocenters. The molecule has 8 nitrogen and oxygen atoms in total. The van der Waals surface area contributed by atoms with Gasteiger partial charge in [0.25, 0.3) is 5.60 Å². The summed E-state index contributed by atoms with van der Waals surface area (Å²) >= 11 is 0. The van der Waals surface area contributed by atoms with Crippen molar-refractivity contribution in [2.24, 2.45) is 0 Å². The number of H-pyrrole nitrogens is 2. The summed E-state index contributed by atoms with van der Waals surface area (Å²) in [7, 11) is 0. The first-order chi connectivity index (χ1) is 18.5. The Balaban J connectivity index is 1.50. The van der Waals surface area contributed by atoms with Crippen molar-refractivity contribution in [2.75, 3.05) is 0 Å². The smallest absolute Gasteiger partial charge is 0.375 e. The van der Waals surface area contributed by atoms with Gasteiger partial charge in [0.2, 0.25) is 17.3 Å². The number of benzene rings is 2. The fraction of sp³-hybridized carbons (Fsp3) is 0.100. The number of ketones is 2. The van der Waals surface area contributed by atoms with Gasteiger partial charge in [0.15, 0.2) is 0 Å². The van der Waals surface area contributed by atoms with E-state index < -0.39 is 28.9 Å². The lowest BCUT2D eigenvalue weighted by Crippen LogP contribution is -2.44. The predicted octanol–water partition coefficient (Wildman–Crippen LogP) is 4.60. The average molecular weight is 504 g/mol. The summed E-state index contributed by atoms with van der Waals surface area (Å²) in [6.07, 6.45) is 7.27. The molecule has 1 spiro atoms. The molecule has 4 heterocycles. The molecule has 0 saturated carbocycles. The van der Waals surface area contributed by atoms with E-state index in [0.717, 1.165) is 22.1 Å². The number of aliphatic hydroxyl groups excluding tert-OH is 1. The van der Waals surface area contributed by atoms with Crippen molar-refractivity contribution in [3.63, 3.8) is 0 Å². The van der Waals surface area contributed by atoms with E-state index >= 15 is 0 Å². The van der Waals surface area contributed by atoms with Crippen molar-refractivity contribution >= 4 is 50.5 Å². The van der Waals surface area contributed by atoms with Crippen molar-refractivity contribution in [3.8, 4) is 0 Å². The Morgan fingerprint density at radius 1 is 0.868 bits per heavy atom. The van der Waals surface area contributed by atoms with E-state index in [9.17, 15) is 19.5 Å². The van der Waals surface area contributed by atoms with Crippen molar-refractivity contribution in [2.45, 2.75) is 18.9 Å². The lowest BCUT2D eigenvalue weighted by molar-refractivity contribution is -0.158. The van der Waals surface area contributed by atoms with E-state index in [1.165, 1.54) is 0 Å². The fourth-order valence-corrected chi connectivity index (χ4v) is 5.78. The summed E-state index contributed by atoms with van der Waals surface area (Å²) in [6.45, 7) is 1.88. The SMILES string of the molecule is C/C=C1\CC(C2=C(c3c[nH]c4ccccc34)C(=O)[C@@]3(OC(=O)C(O)=C3c3c[nH]c4ccccc34)C2=O)=CN1. The molecular weight excluding hydrogens is 482 g/mol. The minimum atomic E-state index is -2.34. The zero-order chi connectivity index (χ0) is 26.2. The number of hydrogen-bond acceptors (Lipinski definition) is 6. The molecule has 3 aliphatic rings. The summed E-state index contributed by atoms with van der Waals surface area (Å²) in [4.78, 5) is 48.2. The van der Waals surface area contributed by atoms with E-state index in [1.807, 2.05) is 49.4 Å². The zero-order valence-corrected chi connectivity index (χ0v) is 20.2. The van der Waals surface area contributed by atoms with Crippen LogP contribution in [0.3, 0.4) is 0 Å². The van der Waals surface area contributed by atoms with Crippen LogP contribution < -0.4 is 5.32 Å². The number of aromatic nitrogens is 2. The predicted molar refractivity (Wildman–Crippen MR) is 141 cm³/mol. The van der Waals surface area contributed by atoms with Gasteiger partial charge in [-0.25, -0.2) is 4.79 Å². The average Bonchev–Trinajstić information content (AvgIpc) is 3.74. The van der Waals surface area contributed by atoms with Crippen LogP contribution >= 0.6 is 0 Å². The molecule has 186 valence electrons. The maximum atomic E-state index is 14.5. The van der Waals surface area contributed by atoms with Crippen LogP contribution in [0, 0.1) is 0 Å². The number of allylic oxidation sites excluding steroid dienone is 2. The molecule has 0 amide bonds. The van der Waals surface area contributed by atoms with E-state index in [-0.39, 0.29) is 16.7 Å². The molecule has 4 aromatic rings. The minimum Gasteiger partial charge on any atom is -0.501 e. The lowest BCUT2D eigenvalue weighted by Gasteiger charge is -2.23. The van der Waals surface area contributed by atoms with Crippen molar-refractivity contribution in [1.82, 2.24) is 15.3 Å². The molecule has 2 aromatic heterocycles. The highest BCUT2D eigenvalue weighted by Crippen LogP contribution is 2.53. The quantitative estimate of drug-likeness (QED) is 0.239. The van der Waals surface area contributed by atoms with Crippen LogP contribution in [-0.2, 0) is 19.1 Å². The summed E-state index contributed by atoms with van der Waals surface area (Å²) in [5, 5.41) is 15.5. The van der Waals surface area contributed by atoms with Gasteiger partial charge in [0, 0.05) is 74.8 Å². The van der Waals surface area contributed by atoms with E-state index in [2.05, 4.69) is 15.3 Å². The highest BCUT2D eigenvalue weighted by molar-refractivity contribution is 6.52. The van der Waals surface area contributed by atoms with Gasteiger partial charge in [0.05, 0.1) is 5.57 Å². The standard InChI is InChI=1S/C30H21N3O5/c1-2-16-11-15(12-31-16)23-24(19-13-32-21-9-5-3-7-17(19)21)28(36)30(27(23)35)25(26(34)29(37)38-30)20-14-33-22-10-6-4-8-18(20)22/h2-10,12-14,31-34H,11H2,1H3/b16-2+/t30-/m0/s1. The van der Waals surface area contributed by atoms with Gasteiger partial charge in [-0.15, -0.1) is 0 Å². The third-order valence-corrected chi connectivity index (χ3v) is 7.57. The van der Waals surface area contributed by atoms with E-state index in [4.69, 9.17) is 4.74 Å². The molecule has 0 fully saturated rings. The van der Waals surface area contributed by atoms with Crippen LogP contribution in [0.15, 0.2) is 95.8 Å². The monoisotopic (exact) mass is 503 g/mol. The molecule has 1 aliphatic carbocycles. The number of ether oxygens (including phenoxy) is 1. The van der Waals surface area contributed by atoms with Crippen LogP contribution in [0.2, 0.25) is 0 Å². The Morgan fingerprint density at radius 2 is 1.47 bits per heavy atom. The third-order valence-electron chi connectivity index (χ3n) is 7.57. The summed E-state index contributed by atoms with van der Waals surface area (Å²) in [5.74, 6) is -3.22. The van der Waals surface area contributed by atoms with Gasteiger partial charge < -0.3 is 25.1 Å². The summed E-state index contributed by atoms with van der Waals surface area (Å²) in [6, 6.07) is 14.7. The van der Waals surface area contributed by atoms with Gasteiger partial charge in [0.1, 0.15) is 0 Å². The van der Waals surface area contributed by atoms with Crippen molar-refractivity contribution in [1.29, 1.82) is 0 Å². The van der Waals surface area contributed by atoms with E-state index in [1.54, 1.807) is 30.7 Å². The number of aliphatic hydroxyl groups is 1.